The minimum absolute atomic E-state index is 0.0615. The maximum atomic E-state index is 12.7. The summed E-state index contributed by atoms with van der Waals surface area (Å²) in [5.74, 6) is 4.30. The molecule has 0 aliphatic heterocycles. The van der Waals surface area contributed by atoms with E-state index in [1.807, 2.05) is 0 Å². The van der Waals surface area contributed by atoms with Crippen LogP contribution < -0.4 is 0 Å². The number of rotatable bonds is 11. The Balaban J connectivity index is 3.00. The minimum Gasteiger partial charge on any atom is -0.469 e. The van der Waals surface area contributed by atoms with Crippen molar-refractivity contribution in [1.29, 1.82) is 0 Å². The second kappa shape index (κ2) is 12.8. The van der Waals surface area contributed by atoms with Crippen LogP contribution >= 0.6 is 0 Å². The molecule has 0 aromatic rings. The standard InChI is InChI=1S/C23H36O8S/c1-19(24)31-22(14-9-7-10-15-22)16-12-18-23(21(26)30-3,32(4,27)28)17-11-6-5-8-13-20(25)29-2/h5-11,13-15,17-18H2,1-4H3. The number of esters is 3. The van der Waals surface area contributed by atoms with Crippen molar-refractivity contribution in [2.45, 2.75) is 94.3 Å². The second-order valence-electron chi connectivity index (χ2n) is 8.38. The Labute approximate surface area is 191 Å². The lowest BCUT2D eigenvalue weighted by Gasteiger charge is -2.32. The van der Waals surface area contributed by atoms with Crippen LogP contribution in [0.4, 0.5) is 0 Å². The van der Waals surface area contributed by atoms with Crippen LogP contribution in [0.5, 0.6) is 0 Å². The predicted octanol–water partition coefficient (Wildman–Crippen LogP) is 3.12. The number of unbranched alkanes of at least 4 members (excludes halogenated alkanes) is 3. The molecule has 1 rings (SSSR count). The third kappa shape index (κ3) is 8.12. The maximum absolute atomic E-state index is 12.7. The molecule has 0 aromatic carbocycles. The van der Waals surface area contributed by atoms with E-state index in [0.717, 1.165) is 32.6 Å². The Morgan fingerprint density at radius 2 is 1.59 bits per heavy atom. The van der Waals surface area contributed by atoms with Gasteiger partial charge in [-0.1, -0.05) is 37.5 Å². The average Bonchev–Trinajstić information content (AvgIpc) is 2.73. The van der Waals surface area contributed by atoms with Crippen LogP contribution in [0.15, 0.2) is 0 Å². The van der Waals surface area contributed by atoms with Gasteiger partial charge in [-0.3, -0.25) is 14.4 Å². The molecule has 0 radical (unpaired) electrons. The molecule has 1 fully saturated rings. The molecule has 1 unspecified atom stereocenters. The summed E-state index contributed by atoms with van der Waals surface area (Å²) in [6.07, 6.45) is 7.51. The summed E-state index contributed by atoms with van der Waals surface area (Å²) < 4.78 is 38.6. The van der Waals surface area contributed by atoms with Crippen molar-refractivity contribution >= 4 is 27.7 Å². The number of carbonyl (C=O) groups is 3. The third-order valence-electron chi connectivity index (χ3n) is 5.90. The van der Waals surface area contributed by atoms with Crippen molar-refractivity contribution in [1.82, 2.24) is 0 Å². The average molecular weight is 473 g/mol. The monoisotopic (exact) mass is 472 g/mol. The Morgan fingerprint density at radius 3 is 2.12 bits per heavy atom. The smallest absolute Gasteiger partial charge is 0.328 e. The summed E-state index contributed by atoms with van der Waals surface area (Å²) >= 11 is 0. The Bertz CT molecular complexity index is 815. The molecule has 1 saturated carbocycles. The third-order valence-corrected chi connectivity index (χ3v) is 7.83. The molecular formula is C23H36O8S. The number of carbonyl (C=O) groups excluding carboxylic acids is 3. The van der Waals surface area contributed by atoms with E-state index in [4.69, 9.17) is 9.47 Å². The van der Waals surface area contributed by atoms with Gasteiger partial charge in [0, 0.05) is 26.0 Å². The van der Waals surface area contributed by atoms with Crippen molar-refractivity contribution in [3.8, 4) is 11.8 Å². The molecule has 0 amide bonds. The molecule has 32 heavy (non-hydrogen) atoms. The van der Waals surface area contributed by atoms with Gasteiger partial charge in [0.1, 0.15) is 0 Å². The van der Waals surface area contributed by atoms with E-state index >= 15 is 0 Å². The van der Waals surface area contributed by atoms with E-state index in [0.29, 0.717) is 44.9 Å². The molecule has 0 bridgehead atoms. The lowest BCUT2D eigenvalue weighted by atomic mass is 9.84. The lowest BCUT2D eigenvalue weighted by molar-refractivity contribution is -0.154. The van der Waals surface area contributed by atoms with Crippen molar-refractivity contribution in [3.05, 3.63) is 0 Å². The van der Waals surface area contributed by atoms with E-state index < -0.39 is 32.1 Å². The van der Waals surface area contributed by atoms with Crippen molar-refractivity contribution in [2.24, 2.45) is 0 Å². The number of methoxy groups -OCH3 is 2. The van der Waals surface area contributed by atoms with Crippen molar-refractivity contribution in [2.75, 3.05) is 20.5 Å². The van der Waals surface area contributed by atoms with Crippen LogP contribution in [-0.4, -0.2) is 57.1 Å². The van der Waals surface area contributed by atoms with Gasteiger partial charge in [0.25, 0.3) is 0 Å². The number of hydrogen-bond donors (Lipinski definition) is 0. The predicted molar refractivity (Wildman–Crippen MR) is 119 cm³/mol. The fourth-order valence-electron chi connectivity index (χ4n) is 4.05. The largest absolute Gasteiger partial charge is 0.469 e. The zero-order valence-corrected chi connectivity index (χ0v) is 20.5. The van der Waals surface area contributed by atoms with Crippen molar-refractivity contribution < 1.29 is 37.0 Å². The maximum Gasteiger partial charge on any atom is 0.328 e. The normalized spacial score (nSPS) is 17.2. The van der Waals surface area contributed by atoms with Gasteiger partial charge in [0.05, 0.1) is 14.2 Å². The van der Waals surface area contributed by atoms with Gasteiger partial charge in [0.2, 0.25) is 0 Å². The molecule has 1 aliphatic rings. The van der Waals surface area contributed by atoms with E-state index in [-0.39, 0.29) is 18.8 Å². The first-order chi connectivity index (χ1) is 15.0. The van der Waals surface area contributed by atoms with E-state index in [2.05, 4.69) is 16.6 Å². The highest BCUT2D eigenvalue weighted by molar-refractivity contribution is 7.92. The van der Waals surface area contributed by atoms with Crippen LogP contribution in [0.2, 0.25) is 0 Å². The SMILES string of the molecule is COC(=O)CCCCCCC(CC#CC1(OC(C)=O)CCCCC1)(C(=O)OC)S(C)(=O)=O. The molecule has 0 heterocycles. The van der Waals surface area contributed by atoms with Crippen LogP contribution in [0.1, 0.15) is 84.0 Å². The summed E-state index contributed by atoms with van der Waals surface area (Å²) in [5.41, 5.74) is -0.933. The summed E-state index contributed by atoms with van der Waals surface area (Å²) in [7, 11) is -1.36. The quantitative estimate of drug-likeness (QED) is 0.195. The summed E-state index contributed by atoms with van der Waals surface area (Å²) in [5, 5.41) is 0. The van der Waals surface area contributed by atoms with E-state index in [1.54, 1.807) is 0 Å². The molecule has 1 atom stereocenters. The Morgan fingerprint density at radius 1 is 0.969 bits per heavy atom. The summed E-state index contributed by atoms with van der Waals surface area (Å²) in [6.45, 7) is 1.33. The molecule has 0 aromatic heterocycles. The molecule has 1 aliphatic carbocycles. The highest BCUT2D eigenvalue weighted by Gasteiger charge is 2.48. The Kier molecular flexibility index (Phi) is 11.2. The first-order valence-electron chi connectivity index (χ1n) is 11.1. The topological polar surface area (TPSA) is 113 Å². The first-order valence-corrected chi connectivity index (χ1v) is 13.0. The molecule has 0 spiro atoms. The molecular weight excluding hydrogens is 436 g/mol. The van der Waals surface area contributed by atoms with Crippen LogP contribution in [0.25, 0.3) is 0 Å². The van der Waals surface area contributed by atoms with Gasteiger partial charge in [-0.2, -0.15) is 0 Å². The fraction of sp³-hybridized carbons (Fsp3) is 0.783. The van der Waals surface area contributed by atoms with Gasteiger partial charge in [-0.05, 0) is 38.5 Å². The van der Waals surface area contributed by atoms with Gasteiger partial charge < -0.3 is 14.2 Å². The van der Waals surface area contributed by atoms with Gasteiger partial charge >= 0.3 is 17.9 Å². The zero-order chi connectivity index (χ0) is 24.3. The van der Waals surface area contributed by atoms with E-state index in [1.165, 1.54) is 14.0 Å². The molecule has 0 N–H and O–H groups in total. The van der Waals surface area contributed by atoms with Gasteiger partial charge in [-0.25, -0.2) is 8.42 Å². The van der Waals surface area contributed by atoms with E-state index in [9.17, 15) is 22.8 Å². The Hall–Kier alpha value is -2.08. The van der Waals surface area contributed by atoms with Gasteiger partial charge in [0.15, 0.2) is 20.2 Å². The highest BCUT2D eigenvalue weighted by atomic mass is 32.2. The van der Waals surface area contributed by atoms with Crippen LogP contribution in [-0.2, 0) is 38.4 Å². The first kappa shape index (κ1) is 28.0. The van der Waals surface area contributed by atoms with Crippen LogP contribution in [0, 0.1) is 11.8 Å². The lowest BCUT2D eigenvalue weighted by Crippen LogP contribution is -2.46. The number of sulfone groups is 1. The second-order valence-corrected chi connectivity index (χ2v) is 10.7. The fourth-order valence-corrected chi connectivity index (χ4v) is 5.29. The van der Waals surface area contributed by atoms with Gasteiger partial charge in [-0.15, -0.1) is 0 Å². The van der Waals surface area contributed by atoms with Crippen molar-refractivity contribution in [3.63, 3.8) is 0 Å². The molecule has 182 valence electrons. The summed E-state index contributed by atoms with van der Waals surface area (Å²) in [6, 6.07) is 0. The molecule has 0 saturated heterocycles. The molecule has 9 heteroatoms. The highest BCUT2D eigenvalue weighted by Crippen LogP contribution is 2.33. The summed E-state index contributed by atoms with van der Waals surface area (Å²) in [4.78, 5) is 35.4. The minimum atomic E-state index is -3.85. The van der Waals surface area contributed by atoms with Crippen LogP contribution in [0.3, 0.4) is 0 Å². The zero-order valence-electron chi connectivity index (χ0n) is 19.7. The molecule has 8 nitrogen and oxygen atoms in total. The number of ether oxygens (including phenoxy) is 3. The number of hydrogen-bond acceptors (Lipinski definition) is 8.